The number of H-pyrrole nitrogens is 1. The summed E-state index contributed by atoms with van der Waals surface area (Å²) in [7, 11) is 1.58. The summed E-state index contributed by atoms with van der Waals surface area (Å²) in [6.07, 6.45) is 2.64. The minimum absolute atomic E-state index is 0.0362. The van der Waals surface area contributed by atoms with E-state index < -0.39 is 0 Å². The average molecular weight is 395 g/mol. The van der Waals surface area contributed by atoms with Gasteiger partial charge in [0, 0.05) is 42.3 Å². The molecule has 0 unspecified atom stereocenters. The summed E-state index contributed by atoms with van der Waals surface area (Å²) in [5, 5.41) is 3.68. The Balaban J connectivity index is 1.35. The Labute approximate surface area is 167 Å². The van der Waals surface area contributed by atoms with E-state index in [0.29, 0.717) is 30.9 Å². The smallest absolute Gasteiger partial charge is 0.229 e. The average Bonchev–Trinajstić information content (AvgIpc) is 3.30. The third-order valence-electron chi connectivity index (χ3n) is 5.32. The molecular formula is C22H22FN3O3. The molecule has 1 aliphatic heterocycles. The summed E-state index contributed by atoms with van der Waals surface area (Å²) in [5.74, 6) is -0.163. The van der Waals surface area contributed by atoms with Crippen LogP contribution >= 0.6 is 0 Å². The number of carbonyl (C=O) groups excluding carboxylic acids is 2. The van der Waals surface area contributed by atoms with Gasteiger partial charge in [0.25, 0.3) is 0 Å². The van der Waals surface area contributed by atoms with E-state index >= 15 is 0 Å². The van der Waals surface area contributed by atoms with Gasteiger partial charge in [0.05, 0.1) is 13.0 Å². The fourth-order valence-electron chi connectivity index (χ4n) is 3.70. The van der Waals surface area contributed by atoms with Gasteiger partial charge in [-0.3, -0.25) is 9.59 Å². The highest BCUT2D eigenvalue weighted by Crippen LogP contribution is 2.24. The number of amides is 2. The second-order valence-corrected chi connectivity index (χ2v) is 7.21. The number of benzene rings is 2. The second kappa shape index (κ2) is 7.95. The molecule has 7 heteroatoms. The first-order chi connectivity index (χ1) is 14.0. The molecule has 4 rings (SSSR count). The molecule has 3 aromatic rings. The molecule has 2 amide bonds. The first kappa shape index (κ1) is 19.0. The lowest BCUT2D eigenvalue weighted by atomic mass is 10.1. The van der Waals surface area contributed by atoms with Crippen LogP contribution in [0, 0.1) is 11.7 Å². The highest BCUT2D eigenvalue weighted by molar-refractivity contribution is 5.97. The zero-order valence-electron chi connectivity index (χ0n) is 16.1. The van der Waals surface area contributed by atoms with Crippen LogP contribution in [-0.2, 0) is 16.0 Å². The van der Waals surface area contributed by atoms with Crippen LogP contribution in [0.25, 0.3) is 10.9 Å². The van der Waals surface area contributed by atoms with Crippen molar-refractivity contribution in [2.45, 2.75) is 12.8 Å². The number of nitrogens with zero attached hydrogens (tertiary/aromatic N) is 1. The number of ether oxygens (including phenoxy) is 1. The summed E-state index contributed by atoms with van der Waals surface area (Å²) in [6.45, 7) is 0.881. The Morgan fingerprint density at radius 3 is 2.83 bits per heavy atom. The van der Waals surface area contributed by atoms with Crippen LogP contribution in [0.5, 0.6) is 5.75 Å². The predicted molar refractivity (Wildman–Crippen MR) is 108 cm³/mol. The zero-order chi connectivity index (χ0) is 20.4. The van der Waals surface area contributed by atoms with Crippen LogP contribution in [-0.4, -0.2) is 41.9 Å². The number of nitrogens with one attached hydrogen (secondary N) is 2. The Bertz CT molecular complexity index is 1050. The van der Waals surface area contributed by atoms with Gasteiger partial charge < -0.3 is 19.9 Å². The van der Waals surface area contributed by atoms with Crippen LogP contribution in [0.15, 0.2) is 48.7 Å². The van der Waals surface area contributed by atoms with Gasteiger partial charge >= 0.3 is 0 Å². The molecule has 1 aliphatic rings. The van der Waals surface area contributed by atoms with Crippen molar-refractivity contribution in [3.05, 3.63) is 60.0 Å². The number of carbonyl (C=O) groups is 2. The Hall–Kier alpha value is -3.35. The minimum Gasteiger partial charge on any atom is -0.497 e. The molecule has 1 atom stereocenters. The van der Waals surface area contributed by atoms with Gasteiger partial charge in [-0.2, -0.15) is 0 Å². The van der Waals surface area contributed by atoms with Gasteiger partial charge in [-0.25, -0.2) is 4.39 Å². The topological polar surface area (TPSA) is 74.4 Å². The van der Waals surface area contributed by atoms with E-state index in [4.69, 9.17) is 4.74 Å². The second-order valence-electron chi connectivity index (χ2n) is 7.21. The van der Waals surface area contributed by atoms with E-state index in [1.54, 1.807) is 42.3 Å². The van der Waals surface area contributed by atoms with Crippen LogP contribution in [0.4, 0.5) is 10.1 Å². The van der Waals surface area contributed by atoms with Crippen molar-refractivity contribution in [3.8, 4) is 5.75 Å². The van der Waals surface area contributed by atoms with Crippen molar-refractivity contribution < 1.29 is 18.7 Å². The van der Waals surface area contributed by atoms with Crippen LogP contribution < -0.4 is 10.1 Å². The van der Waals surface area contributed by atoms with Crippen LogP contribution in [0.2, 0.25) is 0 Å². The molecule has 0 bridgehead atoms. The maximum absolute atomic E-state index is 13.5. The monoisotopic (exact) mass is 395 g/mol. The van der Waals surface area contributed by atoms with Gasteiger partial charge in [-0.05, 0) is 54.4 Å². The number of rotatable bonds is 6. The number of halogens is 1. The molecular weight excluding hydrogens is 373 g/mol. The van der Waals surface area contributed by atoms with E-state index in [1.165, 1.54) is 12.1 Å². The molecule has 6 nitrogen and oxygen atoms in total. The van der Waals surface area contributed by atoms with E-state index in [-0.39, 0.29) is 30.0 Å². The lowest BCUT2D eigenvalue weighted by molar-refractivity contribution is -0.128. The predicted octanol–water partition coefficient (Wildman–Crippen LogP) is 3.35. The molecule has 0 aliphatic carbocycles. The number of hydrogen-bond acceptors (Lipinski definition) is 3. The Morgan fingerprint density at radius 1 is 1.28 bits per heavy atom. The maximum Gasteiger partial charge on any atom is 0.229 e. The molecule has 1 saturated heterocycles. The first-order valence-electron chi connectivity index (χ1n) is 9.51. The van der Waals surface area contributed by atoms with Gasteiger partial charge in [0.15, 0.2) is 0 Å². The van der Waals surface area contributed by atoms with Gasteiger partial charge in [-0.15, -0.1) is 0 Å². The largest absolute Gasteiger partial charge is 0.497 e. The van der Waals surface area contributed by atoms with Crippen molar-refractivity contribution in [1.82, 2.24) is 9.88 Å². The zero-order valence-corrected chi connectivity index (χ0v) is 16.1. The summed E-state index contributed by atoms with van der Waals surface area (Å²) < 4.78 is 18.6. The number of aromatic amines is 1. The first-order valence-corrected chi connectivity index (χ1v) is 9.51. The normalized spacial score (nSPS) is 16.4. The summed E-state index contributed by atoms with van der Waals surface area (Å²) in [5.41, 5.74) is 2.49. The van der Waals surface area contributed by atoms with Crippen molar-refractivity contribution in [2.24, 2.45) is 5.92 Å². The number of anilines is 1. The highest BCUT2D eigenvalue weighted by Gasteiger charge is 2.34. The van der Waals surface area contributed by atoms with Gasteiger partial charge in [-0.1, -0.05) is 0 Å². The molecule has 0 saturated carbocycles. The lowest BCUT2D eigenvalue weighted by Gasteiger charge is -2.16. The highest BCUT2D eigenvalue weighted by atomic mass is 19.1. The van der Waals surface area contributed by atoms with Crippen LogP contribution in [0.1, 0.15) is 12.0 Å². The van der Waals surface area contributed by atoms with Crippen LogP contribution in [0.3, 0.4) is 0 Å². The van der Waals surface area contributed by atoms with Crippen molar-refractivity contribution in [3.63, 3.8) is 0 Å². The van der Waals surface area contributed by atoms with Crippen molar-refractivity contribution in [2.75, 3.05) is 25.5 Å². The number of hydrogen-bond donors (Lipinski definition) is 2. The molecule has 2 heterocycles. The Morgan fingerprint density at radius 2 is 2.07 bits per heavy atom. The summed E-state index contributed by atoms with van der Waals surface area (Å²) in [4.78, 5) is 29.7. The van der Waals surface area contributed by atoms with Crippen molar-refractivity contribution in [1.29, 1.82) is 0 Å². The fraction of sp³-hybridized carbons (Fsp3) is 0.273. The number of aromatic nitrogens is 1. The quantitative estimate of drug-likeness (QED) is 0.672. The Kier molecular flexibility index (Phi) is 5.20. The summed E-state index contributed by atoms with van der Waals surface area (Å²) in [6, 6.07) is 11.7. The molecule has 29 heavy (non-hydrogen) atoms. The van der Waals surface area contributed by atoms with E-state index in [9.17, 15) is 14.0 Å². The lowest BCUT2D eigenvalue weighted by Crippen LogP contribution is -2.30. The standard InChI is InChI=1S/C22H22FN3O3/c1-29-18-5-3-17(4-6-18)25-22(28)15-10-21(27)26(13-15)9-8-14-12-24-20-7-2-16(23)11-19(14)20/h2-7,11-12,15,24H,8-10,13H2,1H3,(H,25,28)/t15-/m0/s1. The molecule has 2 N–H and O–H groups in total. The minimum atomic E-state index is -0.384. The molecule has 0 radical (unpaired) electrons. The molecule has 150 valence electrons. The molecule has 0 spiro atoms. The van der Waals surface area contributed by atoms with E-state index in [1.807, 2.05) is 6.20 Å². The maximum atomic E-state index is 13.5. The fourth-order valence-corrected chi connectivity index (χ4v) is 3.70. The summed E-state index contributed by atoms with van der Waals surface area (Å²) >= 11 is 0. The molecule has 1 fully saturated rings. The van der Waals surface area contributed by atoms with Crippen molar-refractivity contribution >= 4 is 28.4 Å². The number of methoxy groups -OCH3 is 1. The SMILES string of the molecule is COc1ccc(NC(=O)[C@H]2CC(=O)N(CCc3c[nH]c4ccc(F)cc34)C2)cc1. The third-order valence-corrected chi connectivity index (χ3v) is 5.32. The van der Waals surface area contributed by atoms with Gasteiger partial charge in [0.2, 0.25) is 11.8 Å². The van der Waals surface area contributed by atoms with E-state index in [2.05, 4.69) is 10.3 Å². The third kappa shape index (κ3) is 4.08. The van der Waals surface area contributed by atoms with E-state index in [0.717, 1.165) is 16.5 Å². The number of fused-ring (bicyclic) bond motifs is 1. The molecule has 2 aromatic carbocycles. The van der Waals surface area contributed by atoms with Gasteiger partial charge in [0.1, 0.15) is 11.6 Å². The number of likely N-dealkylation sites (tertiary alicyclic amines) is 1. The molecule has 1 aromatic heterocycles.